The quantitative estimate of drug-likeness (QED) is 0.686. The third-order valence-corrected chi connectivity index (χ3v) is 6.19. The van der Waals surface area contributed by atoms with Crippen LogP contribution in [-0.4, -0.2) is 46.4 Å². The summed E-state index contributed by atoms with van der Waals surface area (Å²) in [5.74, 6) is 1.31. The van der Waals surface area contributed by atoms with Crippen molar-refractivity contribution in [3.05, 3.63) is 54.4 Å². The van der Waals surface area contributed by atoms with Crippen LogP contribution in [0.1, 0.15) is 38.1 Å². The number of fused-ring (bicyclic) bond motifs is 1. The maximum absolute atomic E-state index is 13.4. The molecular formula is C24H26N4O3. The number of rotatable bonds is 5. The molecule has 2 aliphatic heterocycles. The van der Waals surface area contributed by atoms with Crippen molar-refractivity contribution in [2.75, 3.05) is 24.6 Å². The highest BCUT2D eigenvalue weighted by atomic mass is 16.5. The van der Waals surface area contributed by atoms with E-state index in [4.69, 9.17) is 9.72 Å². The molecule has 5 rings (SSSR count). The second-order valence-corrected chi connectivity index (χ2v) is 8.16. The molecule has 0 spiro atoms. The molecule has 3 aromatic rings. The number of aromatic amines is 1. The van der Waals surface area contributed by atoms with Gasteiger partial charge < -0.3 is 19.5 Å². The van der Waals surface area contributed by atoms with Gasteiger partial charge in [-0.2, -0.15) is 0 Å². The summed E-state index contributed by atoms with van der Waals surface area (Å²) >= 11 is 0. The Kier molecular flexibility index (Phi) is 5.10. The van der Waals surface area contributed by atoms with E-state index in [1.165, 1.54) is 0 Å². The summed E-state index contributed by atoms with van der Waals surface area (Å²) in [6.45, 7) is 3.65. The van der Waals surface area contributed by atoms with Crippen LogP contribution in [0.15, 0.2) is 48.5 Å². The van der Waals surface area contributed by atoms with Crippen molar-refractivity contribution in [2.45, 2.75) is 32.2 Å². The van der Waals surface area contributed by atoms with Crippen molar-refractivity contribution >= 4 is 28.5 Å². The van der Waals surface area contributed by atoms with Gasteiger partial charge in [-0.15, -0.1) is 0 Å². The van der Waals surface area contributed by atoms with E-state index < -0.39 is 0 Å². The van der Waals surface area contributed by atoms with E-state index in [1.54, 1.807) is 4.90 Å². The number of hydrogen-bond acceptors (Lipinski definition) is 4. The second kappa shape index (κ2) is 8.06. The third kappa shape index (κ3) is 3.65. The van der Waals surface area contributed by atoms with Gasteiger partial charge in [-0.1, -0.05) is 12.1 Å². The lowest BCUT2D eigenvalue weighted by Crippen LogP contribution is -2.37. The van der Waals surface area contributed by atoms with E-state index >= 15 is 0 Å². The predicted molar refractivity (Wildman–Crippen MR) is 118 cm³/mol. The number of hydrogen-bond donors (Lipinski definition) is 1. The van der Waals surface area contributed by atoms with Crippen LogP contribution in [0.3, 0.4) is 0 Å². The molecule has 0 aliphatic carbocycles. The molecule has 1 aromatic heterocycles. The molecule has 0 radical (unpaired) electrons. The molecular weight excluding hydrogens is 392 g/mol. The van der Waals surface area contributed by atoms with Gasteiger partial charge in [-0.05, 0) is 56.2 Å². The first-order valence-corrected chi connectivity index (χ1v) is 10.9. The number of imidazole rings is 1. The average Bonchev–Trinajstić information content (AvgIpc) is 3.51. The maximum atomic E-state index is 13.4. The first kappa shape index (κ1) is 19.6. The first-order chi connectivity index (χ1) is 15.1. The molecule has 7 nitrogen and oxygen atoms in total. The van der Waals surface area contributed by atoms with Crippen LogP contribution in [0.2, 0.25) is 0 Å². The molecule has 7 heteroatoms. The van der Waals surface area contributed by atoms with Crippen LogP contribution < -0.4 is 9.64 Å². The van der Waals surface area contributed by atoms with Crippen LogP contribution >= 0.6 is 0 Å². The monoisotopic (exact) mass is 418 g/mol. The van der Waals surface area contributed by atoms with Gasteiger partial charge in [-0.3, -0.25) is 9.59 Å². The zero-order valence-corrected chi connectivity index (χ0v) is 17.6. The Bertz CT molecular complexity index is 1070. The van der Waals surface area contributed by atoms with Crippen molar-refractivity contribution < 1.29 is 14.3 Å². The zero-order chi connectivity index (χ0) is 21.4. The van der Waals surface area contributed by atoms with E-state index in [2.05, 4.69) is 4.98 Å². The Morgan fingerprint density at radius 1 is 1.19 bits per heavy atom. The van der Waals surface area contributed by atoms with E-state index in [9.17, 15) is 9.59 Å². The Hall–Kier alpha value is -3.35. The molecule has 31 heavy (non-hydrogen) atoms. The number of nitrogens with one attached hydrogen (secondary N) is 1. The summed E-state index contributed by atoms with van der Waals surface area (Å²) in [6.07, 6.45) is 2.07. The van der Waals surface area contributed by atoms with Crippen LogP contribution in [0.5, 0.6) is 5.75 Å². The minimum atomic E-state index is -0.330. The highest BCUT2D eigenvalue weighted by Gasteiger charge is 2.41. The largest absolute Gasteiger partial charge is 0.494 e. The minimum absolute atomic E-state index is 0.0120. The van der Waals surface area contributed by atoms with Gasteiger partial charge in [0.2, 0.25) is 11.8 Å². The smallest absolute Gasteiger partial charge is 0.228 e. The van der Waals surface area contributed by atoms with Gasteiger partial charge in [0.1, 0.15) is 11.6 Å². The summed E-state index contributed by atoms with van der Waals surface area (Å²) in [7, 11) is 0. The molecule has 0 unspecified atom stereocenters. The number of H-pyrrole nitrogens is 1. The molecule has 2 saturated heterocycles. The van der Waals surface area contributed by atoms with Crippen molar-refractivity contribution in [2.24, 2.45) is 5.92 Å². The average molecular weight is 418 g/mol. The lowest BCUT2D eigenvalue weighted by Gasteiger charge is -2.26. The lowest BCUT2D eigenvalue weighted by atomic mass is 10.1. The van der Waals surface area contributed by atoms with Gasteiger partial charge >= 0.3 is 0 Å². The number of nitrogens with zero attached hydrogens (tertiary/aromatic N) is 3. The SMILES string of the molecule is CCOc1ccc(N2C[C@@H](C(=O)N3CCC[C@@H]3c3nc4ccccc4[nH]3)CC2=O)cc1. The fraction of sp³-hybridized carbons (Fsp3) is 0.375. The van der Waals surface area contributed by atoms with E-state index in [0.717, 1.165) is 41.1 Å². The summed E-state index contributed by atoms with van der Waals surface area (Å²) in [5.41, 5.74) is 2.70. The van der Waals surface area contributed by atoms with Gasteiger partial charge in [0.05, 0.1) is 29.6 Å². The number of benzene rings is 2. The molecule has 2 aliphatic rings. The Morgan fingerprint density at radius 3 is 2.77 bits per heavy atom. The van der Waals surface area contributed by atoms with Crippen molar-refractivity contribution in [1.82, 2.24) is 14.9 Å². The first-order valence-electron chi connectivity index (χ1n) is 10.9. The number of para-hydroxylation sites is 2. The van der Waals surface area contributed by atoms with Crippen LogP contribution in [0.4, 0.5) is 5.69 Å². The predicted octanol–water partition coefficient (Wildman–Crippen LogP) is 3.68. The van der Waals surface area contributed by atoms with Gasteiger partial charge in [0.25, 0.3) is 0 Å². The number of carbonyl (C=O) groups is 2. The number of likely N-dealkylation sites (tertiary alicyclic amines) is 1. The molecule has 0 bridgehead atoms. The van der Waals surface area contributed by atoms with Gasteiger partial charge in [0.15, 0.2) is 0 Å². The summed E-state index contributed by atoms with van der Waals surface area (Å²) in [5, 5.41) is 0. The van der Waals surface area contributed by atoms with Crippen molar-refractivity contribution in [3.63, 3.8) is 0 Å². The fourth-order valence-electron chi connectivity index (χ4n) is 4.69. The molecule has 2 fully saturated rings. The number of carbonyl (C=O) groups excluding carboxylic acids is 2. The number of ether oxygens (including phenoxy) is 1. The van der Waals surface area contributed by atoms with Crippen LogP contribution in [0, 0.1) is 5.92 Å². The van der Waals surface area contributed by atoms with Crippen molar-refractivity contribution in [3.8, 4) is 5.75 Å². The summed E-state index contributed by atoms with van der Waals surface area (Å²) in [6, 6.07) is 15.3. The fourth-order valence-corrected chi connectivity index (χ4v) is 4.69. The highest BCUT2D eigenvalue weighted by Crippen LogP contribution is 2.35. The Labute approximate surface area is 181 Å². The molecule has 3 heterocycles. The Balaban J connectivity index is 1.32. The standard InChI is InChI=1S/C24H26N4O3/c1-2-31-18-11-9-17(10-12-18)28-15-16(14-22(28)29)24(30)27-13-5-8-21(27)23-25-19-6-3-4-7-20(19)26-23/h3-4,6-7,9-12,16,21H,2,5,8,13-15H2,1H3,(H,25,26)/t16-,21+/m0/s1. The Morgan fingerprint density at radius 2 is 2.00 bits per heavy atom. The normalized spacial score (nSPS) is 21.3. The van der Waals surface area contributed by atoms with Gasteiger partial charge in [0, 0.05) is 25.2 Å². The maximum Gasteiger partial charge on any atom is 0.228 e. The summed E-state index contributed by atoms with van der Waals surface area (Å²) < 4.78 is 5.48. The highest BCUT2D eigenvalue weighted by molar-refractivity contribution is 6.00. The molecule has 160 valence electrons. The van der Waals surface area contributed by atoms with Crippen molar-refractivity contribution in [1.29, 1.82) is 0 Å². The second-order valence-electron chi connectivity index (χ2n) is 8.16. The zero-order valence-electron chi connectivity index (χ0n) is 17.6. The molecule has 0 saturated carbocycles. The number of anilines is 1. The molecule has 2 amide bonds. The topological polar surface area (TPSA) is 78.5 Å². The lowest BCUT2D eigenvalue weighted by molar-refractivity contribution is -0.136. The van der Waals surface area contributed by atoms with Gasteiger partial charge in [-0.25, -0.2) is 4.98 Å². The van der Waals surface area contributed by atoms with Crippen LogP contribution in [0.25, 0.3) is 11.0 Å². The molecule has 2 atom stereocenters. The summed E-state index contributed by atoms with van der Waals surface area (Å²) in [4.78, 5) is 37.8. The van der Waals surface area contributed by atoms with E-state index in [1.807, 2.05) is 60.4 Å². The molecule has 2 aromatic carbocycles. The van der Waals surface area contributed by atoms with E-state index in [0.29, 0.717) is 19.7 Å². The van der Waals surface area contributed by atoms with E-state index in [-0.39, 0.29) is 30.2 Å². The van der Waals surface area contributed by atoms with Crippen LogP contribution in [-0.2, 0) is 9.59 Å². The molecule has 1 N–H and O–H groups in total. The third-order valence-electron chi connectivity index (χ3n) is 6.19. The number of amides is 2. The number of aromatic nitrogens is 2. The minimum Gasteiger partial charge on any atom is -0.494 e.